The van der Waals surface area contributed by atoms with E-state index in [2.05, 4.69) is 10.3 Å². The smallest absolute Gasteiger partial charge is 0.251 e. The fourth-order valence-electron chi connectivity index (χ4n) is 1.50. The lowest BCUT2D eigenvalue weighted by Gasteiger charge is -2.08. The van der Waals surface area contributed by atoms with Gasteiger partial charge in [-0.05, 0) is 29.8 Å². The third-order valence-electron chi connectivity index (χ3n) is 2.54. The highest BCUT2D eigenvalue weighted by Crippen LogP contribution is 2.28. The van der Waals surface area contributed by atoms with E-state index in [9.17, 15) is 4.79 Å². The van der Waals surface area contributed by atoms with Gasteiger partial charge in [0.05, 0.1) is 15.7 Å². The molecule has 0 unspecified atom stereocenters. The maximum Gasteiger partial charge on any atom is 0.251 e. The number of halogens is 2. The van der Waals surface area contributed by atoms with Crippen LogP contribution in [0.2, 0.25) is 10.0 Å². The molecule has 2 aromatic rings. The first-order chi connectivity index (χ1) is 9.08. The summed E-state index contributed by atoms with van der Waals surface area (Å²) in [6.45, 7) is 0.404. The van der Waals surface area contributed by atoms with Crippen molar-refractivity contribution in [2.75, 3.05) is 5.73 Å². The van der Waals surface area contributed by atoms with Crippen molar-refractivity contribution in [2.24, 2.45) is 0 Å². The molecule has 0 saturated carbocycles. The van der Waals surface area contributed by atoms with E-state index in [0.29, 0.717) is 12.1 Å². The van der Waals surface area contributed by atoms with Crippen molar-refractivity contribution in [1.82, 2.24) is 10.3 Å². The van der Waals surface area contributed by atoms with E-state index in [-0.39, 0.29) is 21.6 Å². The van der Waals surface area contributed by atoms with Gasteiger partial charge in [-0.2, -0.15) is 0 Å². The number of aromatic nitrogens is 1. The fourth-order valence-corrected chi connectivity index (χ4v) is 1.99. The number of anilines is 1. The summed E-state index contributed by atoms with van der Waals surface area (Å²) in [5, 5.41) is 3.29. The molecule has 0 saturated heterocycles. The molecule has 6 heteroatoms. The number of nitrogens with one attached hydrogen (secondary N) is 1. The minimum absolute atomic E-state index is 0.263. The van der Waals surface area contributed by atoms with Gasteiger partial charge >= 0.3 is 0 Å². The zero-order chi connectivity index (χ0) is 13.8. The van der Waals surface area contributed by atoms with E-state index in [0.717, 1.165) is 5.56 Å². The van der Waals surface area contributed by atoms with Gasteiger partial charge in [-0.15, -0.1) is 0 Å². The van der Waals surface area contributed by atoms with E-state index < -0.39 is 0 Å². The van der Waals surface area contributed by atoms with Gasteiger partial charge < -0.3 is 11.1 Å². The number of hydrogen-bond acceptors (Lipinski definition) is 3. The first-order valence-corrected chi connectivity index (χ1v) is 6.25. The third kappa shape index (κ3) is 3.36. The number of nitrogen functional groups attached to an aromatic ring is 1. The molecule has 98 valence electrons. The lowest BCUT2D eigenvalue weighted by molar-refractivity contribution is 0.0951. The first-order valence-electron chi connectivity index (χ1n) is 5.49. The Bertz CT molecular complexity index is 579. The normalized spacial score (nSPS) is 10.2. The summed E-state index contributed by atoms with van der Waals surface area (Å²) < 4.78 is 0. The van der Waals surface area contributed by atoms with Crippen LogP contribution in [0.15, 0.2) is 36.7 Å². The van der Waals surface area contributed by atoms with Crippen molar-refractivity contribution in [3.8, 4) is 0 Å². The Labute approximate surface area is 120 Å². The topological polar surface area (TPSA) is 68.0 Å². The average molecular weight is 296 g/mol. The number of carbonyl (C=O) groups excluding carboxylic acids is 1. The number of amides is 1. The fraction of sp³-hybridized carbons (Fsp3) is 0.0769. The molecule has 1 aromatic carbocycles. The lowest BCUT2D eigenvalue weighted by Crippen LogP contribution is -2.22. The Morgan fingerprint density at radius 1 is 1.21 bits per heavy atom. The van der Waals surface area contributed by atoms with Crippen LogP contribution in [0, 0.1) is 0 Å². The zero-order valence-electron chi connectivity index (χ0n) is 9.86. The Morgan fingerprint density at radius 2 is 1.79 bits per heavy atom. The van der Waals surface area contributed by atoms with E-state index in [1.807, 2.05) is 12.1 Å². The van der Waals surface area contributed by atoms with Crippen LogP contribution in [0.3, 0.4) is 0 Å². The summed E-state index contributed by atoms with van der Waals surface area (Å²) in [7, 11) is 0. The predicted molar refractivity (Wildman–Crippen MR) is 76.3 cm³/mol. The second kappa shape index (κ2) is 5.91. The zero-order valence-corrected chi connectivity index (χ0v) is 11.4. The van der Waals surface area contributed by atoms with Crippen LogP contribution >= 0.6 is 23.2 Å². The summed E-state index contributed by atoms with van der Waals surface area (Å²) >= 11 is 11.8. The molecule has 0 atom stereocenters. The van der Waals surface area contributed by atoms with E-state index >= 15 is 0 Å². The van der Waals surface area contributed by atoms with Crippen LogP contribution in [0.5, 0.6) is 0 Å². The Balaban J connectivity index is 2.08. The quantitative estimate of drug-likeness (QED) is 0.856. The van der Waals surface area contributed by atoms with E-state index in [1.165, 1.54) is 12.1 Å². The van der Waals surface area contributed by atoms with Crippen molar-refractivity contribution >= 4 is 34.8 Å². The first kappa shape index (κ1) is 13.6. The summed E-state index contributed by atoms with van der Waals surface area (Å²) in [5.41, 5.74) is 7.21. The van der Waals surface area contributed by atoms with Crippen molar-refractivity contribution in [2.45, 2.75) is 6.54 Å². The van der Waals surface area contributed by atoms with Crippen LogP contribution in [0.1, 0.15) is 15.9 Å². The molecule has 0 bridgehead atoms. The maximum absolute atomic E-state index is 11.9. The molecule has 0 fully saturated rings. The Hall–Kier alpha value is -1.78. The predicted octanol–water partition coefficient (Wildman–Crippen LogP) is 2.90. The monoisotopic (exact) mass is 295 g/mol. The molecule has 1 amide bonds. The Morgan fingerprint density at radius 3 is 2.37 bits per heavy atom. The van der Waals surface area contributed by atoms with Gasteiger partial charge in [0, 0.05) is 24.5 Å². The summed E-state index contributed by atoms with van der Waals surface area (Å²) in [6.07, 6.45) is 3.33. The number of nitrogens with two attached hydrogens (primary N) is 1. The van der Waals surface area contributed by atoms with Crippen LogP contribution in [-0.4, -0.2) is 10.9 Å². The van der Waals surface area contributed by atoms with Gasteiger partial charge in [0.25, 0.3) is 5.91 Å². The minimum Gasteiger partial charge on any atom is -0.396 e. The molecule has 0 aliphatic carbocycles. The van der Waals surface area contributed by atoms with Crippen molar-refractivity contribution in [3.05, 3.63) is 57.8 Å². The van der Waals surface area contributed by atoms with Gasteiger partial charge in [0.1, 0.15) is 0 Å². The Kier molecular flexibility index (Phi) is 4.24. The molecule has 0 radical (unpaired) electrons. The highest BCUT2D eigenvalue weighted by Gasteiger charge is 2.10. The van der Waals surface area contributed by atoms with E-state index in [4.69, 9.17) is 28.9 Å². The number of nitrogens with zero attached hydrogens (tertiary/aromatic N) is 1. The van der Waals surface area contributed by atoms with Gasteiger partial charge in [-0.3, -0.25) is 9.78 Å². The van der Waals surface area contributed by atoms with Crippen LogP contribution in [0.4, 0.5) is 5.69 Å². The number of hydrogen-bond donors (Lipinski definition) is 2. The standard InChI is InChI=1S/C13H11Cl2N3O/c14-10-5-9(6-11(15)12(10)16)13(19)18-7-8-1-3-17-4-2-8/h1-6H,7,16H2,(H,18,19). The molecule has 0 spiro atoms. The summed E-state index contributed by atoms with van der Waals surface area (Å²) in [6, 6.07) is 6.63. The third-order valence-corrected chi connectivity index (χ3v) is 3.17. The van der Waals surface area contributed by atoms with Crippen molar-refractivity contribution < 1.29 is 4.79 Å². The highest BCUT2D eigenvalue weighted by molar-refractivity contribution is 6.39. The molecular weight excluding hydrogens is 285 g/mol. The molecule has 19 heavy (non-hydrogen) atoms. The highest BCUT2D eigenvalue weighted by atomic mass is 35.5. The summed E-state index contributed by atoms with van der Waals surface area (Å²) in [5.74, 6) is -0.263. The maximum atomic E-state index is 11.9. The number of pyridine rings is 1. The van der Waals surface area contributed by atoms with Crippen molar-refractivity contribution in [1.29, 1.82) is 0 Å². The lowest BCUT2D eigenvalue weighted by atomic mass is 10.2. The molecule has 0 aliphatic heterocycles. The van der Waals surface area contributed by atoms with Crippen LogP contribution < -0.4 is 11.1 Å². The van der Waals surface area contributed by atoms with E-state index in [1.54, 1.807) is 12.4 Å². The molecular formula is C13H11Cl2N3O. The molecule has 2 rings (SSSR count). The number of benzene rings is 1. The second-order valence-electron chi connectivity index (χ2n) is 3.89. The van der Waals surface area contributed by atoms with Crippen molar-refractivity contribution in [3.63, 3.8) is 0 Å². The average Bonchev–Trinajstić information content (AvgIpc) is 2.42. The molecule has 4 nitrogen and oxygen atoms in total. The largest absolute Gasteiger partial charge is 0.396 e. The molecule has 0 aliphatic rings. The number of rotatable bonds is 3. The van der Waals surface area contributed by atoms with Gasteiger partial charge in [-0.25, -0.2) is 0 Å². The minimum atomic E-state index is -0.263. The second-order valence-corrected chi connectivity index (χ2v) is 4.71. The molecule has 1 heterocycles. The van der Waals surface area contributed by atoms with Crippen LogP contribution in [0.25, 0.3) is 0 Å². The molecule has 1 aromatic heterocycles. The molecule has 3 N–H and O–H groups in total. The summed E-state index contributed by atoms with van der Waals surface area (Å²) in [4.78, 5) is 15.9. The SMILES string of the molecule is Nc1c(Cl)cc(C(=O)NCc2ccncc2)cc1Cl. The van der Waals surface area contributed by atoms with Gasteiger partial charge in [0.15, 0.2) is 0 Å². The van der Waals surface area contributed by atoms with Crippen LogP contribution in [-0.2, 0) is 6.54 Å². The number of carbonyl (C=O) groups is 1. The van der Waals surface area contributed by atoms with Gasteiger partial charge in [-0.1, -0.05) is 23.2 Å². The van der Waals surface area contributed by atoms with Gasteiger partial charge in [0.2, 0.25) is 0 Å².